The van der Waals surface area contributed by atoms with Gasteiger partial charge in [0.25, 0.3) is 15.9 Å². The third kappa shape index (κ3) is 5.99. The van der Waals surface area contributed by atoms with E-state index in [-0.39, 0.29) is 4.90 Å². The first kappa shape index (κ1) is 25.8. The number of amides is 1. The fourth-order valence-electron chi connectivity index (χ4n) is 3.51. The molecule has 0 aliphatic carbocycles. The van der Waals surface area contributed by atoms with Crippen molar-refractivity contribution in [2.75, 3.05) is 25.1 Å². The topological polar surface area (TPSA) is 97.3 Å². The minimum atomic E-state index is -4.00. The number of nitrogens with zero attached hydrogens (tertiary/aromatic N) is 2. The standard InChI is InChI=1S/C26H29N3O5S/c1-5-20-11-9-10-14-23(20)29(35(31,32)22-12-7-6-8-13-22)18-26(30)28-27-19(2)21-15-16-24(33-3)25(17-21)34-4/h6-17H,5,18H2,1-4H3,(H,28,30)/b27-19-. The van der Waals surface area contributed by atoms with E-state index in [1.807, 2.05) is 19.1 Å². The minimum Gasteiger partial charge on any atom is -0.493 e. The summed E-state index contributed by atoms with van der Waals surface area (Å²) in [6.07, 6.45) is 0.606. The van der Waals surface area contributed by atoms with Crippen LogP contribution in [0.4, 0.5) is 5.69 Å². The van der Waals surface area contributed by atoms with Gasteiger partial charge in [0.2, 0.25) is 0 Å². The average Bonchev–Trinajstić information content (AvgIpc) is 2.90. The number of hydrazone groups is 1. The fourth-order valence-corrected chi connectivity index (χ4v) is 4.99. The van der Waals surface area contributed by atoms with E-state index < -0.39 is 22.5 Å². The molecule has 0 radical (unpaired) electrons. The summed E-state index contributed by atoms with van der Waals surface area (Å²) in [5.74, 6) is 0.529. The van der Waals surface area contributed by atoms with Crippen molar-refractivity contribution in [3.05, 3.63) is 83.9 Å². The Balaban J connectivity index is 1.89. The Bertz CT molecular complexity index is 1310. The van der Waals surface area contributed by atoms with Crippen molar-refractivity contribution < 1.29 is 22.7 Å². The Hall–Kier alpha value is -3.85. The molecule has 35 heavy (non-hydrogen) atoms. The second-order valence-corrected chi connectivity index (χ2v) is 9.47. The maximum atomic E-state index is 13.5. The summed E-state index contributed by atoms with van der Waals surface area (Å²) in [5, 5.41) is 4.17. The van der Waals surface area contributed by atoms with Crippen molar-refractivity contribution in [1.82, 2.24) is 5.43 Å². The number of sulfonamides is 1. The van der Waals surface area contributed by atoms with Gasteiger partial charge in [-0.3, -0.25) is 9.10 Å². The van der Waals surface area contributed by atoms with Crippen LogP contribution in [0.2, 0.25) is 0 Å². The van der Waals surface area contributed by atoms with Crippen molar-refractivity contribution in [3.8, 4) is 11.5 Å². The Morgan fingerprint density at radius 3 is 2.26 bits per heavy atom. The highest BCUT2D eigenvalue weighted by atomic mass is 32.2. The lowest BCUT2D eigenvalue weighted by Crippen LogP contribution is -2.40. The summed E-state index contributed by atoms with van der Waals surface area (Å²) >= 11 is 0. The zero-order chi connectivity index (χ0) is 25.4. The number of hydrogen-bond acceptors (Lipinski definition) is 6. The largest absolute Gasteiger partial charge is 0.493 e. The van der Waals surface area contributed by atoms with Gasteiger partial charge in [-0.15, -0.1) is 0 Å². The molecule has 1 amide bonds. The molecule has 0 fully saturated rings. The van der Waals surface area contributed by atoms with Crippen molar-refractivity contribution in [3.63, 3.8) is 0 Å². The van der Waals surface area contributed by atoms with Gasteiger partial charge in [-0.25, -0.2) is 13.8 Å². The van der Waals surface area contributed by atoms with Crippen molar-refractivity contribution in [2.24, 2.45) is 5.10 Å². The average molecular weight is 496 g/mol. The molecule has 184 valence electrons. The zero-order valence-electron chi connectivity index (χ0n) is 20.2. The number of carbonyl (C=O) groups excluding carboxylic acids is 1. The Morgan fingerprint density at radius 2 is 1.60 bits per heavy atom. The molecule has 3 rings (SSSR count). The predicted octanol–water partition coefficient (Wildman–Crippen LogP) is 4.00. The second kappa shape index (κ2) is 11.5. The number of aryl methyl sites for hydroxylation is 1. The van der Waals surface area contributed by atoms with Crippen LogP contribution < -0.4 is 19.2 Å². The molecule has 0 saturated carbocycles. The van der Waals surface area contributed by atoms with Crippen LogP contribution in [0.5, 0.6) is 11.5 Å². The number of ether oxygens (including phenoxy) is 2. The van der Waals surface area contributed by atoms with Gasteiger partial charge < -0.3 is 9.47 Å². The van der Waals surface area contributed by atoms with Gasteiger partial charge in [0.15, 0.2) is 11.5 Å². The summed E-state index contributed by atoms with van der Waals surface area (Å²) in [7, 11) is -0.916. The number of methoxy groups -OCH3 is 2. The fraction of sp³-hybridized carbons (Fsp3) is 0.231. The summed E-state index contributed by atoms with van der Waals surface area (Å²) in [6, 6.07) is 20.5. The molecule has 9 heteroatoms. The minimum absolute atomic E-state index is 0.101. The zero-order valence-corrected chi connectivity index (χ0v) is 21.0. The molecular formula is C26H29N3O5S. The molecule has 1 N–H and O–H groups in total. The molecule has 3 aromatic rings. The third-order valence-electron chi connectivity index (χ3n) is 5.41. The molecule has 0 atom stereocenters. The van der Waals surface area contributed by atoms with Gasteiger partial charge in [-0.05, 0) is 55.3 Å². The molecule has 0 aromatic heterocycles. The van der Waals surface area contributed by atoms with Gasteiger partial charge in [-0.1, -0.05) is 43.3 Å². The molecular weight excluding hydrogens is 466 g/mol. The molecule has 3 aromatic carbocycles. The quantitative estimate of drug-likeness (QED) is 0.339. The van der Waals surface area contributed by atoms with Crippen LogP contribution >= 0.6 is 0 Å². The highest BCUT2D eigenvalue weighted by Gasteiger charge is 2.28. The molecule has 0 bridgehead atoms. The Morgan fingerprint density at radius 1 is 0.943 bits per heavy atom. The maximum Gasteiger partial charge on any atom is 0.264 e. The highest BCUT2D eigenvalue weighted by Crippen LogP contribution is 2.28. The van der Waals surface area contributed by atoms with Gasteiger partial charge in [0.1, 0.15) is 6.54 Å². The van der Waals surface area contributed by atoms with Crippen molar-refractivity contribution in [1.29, 1.82) is 0 Å². The van der Waals surface area contributed by atoms with Crippen LogP contribution in [0.3, 0.4) is 0 Å². The molecule has 0 spiro atoms. The van der Waals surface area contributed by atoms with Gasteiger partial charge >= 0.3 is 0 Å². The number of carbonyl (C=O) groups is 1. The summed E-state index contributed by atoms with van der Waals surface area (Å²) in [4.78, 5) is 13.0. The first-order valence-electron chi connectivity index (χ1n) is 11.0. The van der Waals surface area contributed by atoms with Crippen LogP contribution in [-0.4, -0.2) is 40.8 Å². The van der Waals surface area contributed by atoms with E-state index in [0.717, 1.165) is 9.87 Å². The molecule has 0 aliphatic rings. The summed E-state index contributed by atoms with van der Waals surface area (Å²) in [6.45, 7) is 3.23. The van der Waals surface area contributed by atoms with Crippen LogP contribution in [0.1, 0.15) is 25.0 Å². The van der Waals surface area contributed by atoms with Crippen LogP contribution in [0.25, 0.3) is 0 Å². The van der Waals surface area contributed by atoms with E-state index in [9.17, 15) is 13.2 Å². The monoisotopic (exact) mass is 495 g/mol. The van der Waals surface area contributed by atoms with Gasteiger partial charge in [0.05, 0.1) is 30.5 Å². The molecule has 0 aliphatic heterocycles. The molecule has 0 saturated heterocycles. The summed E-state index contributed by atoms with van der Waals surface area (Å²) < 4.78 is 38.7. The first-order chi connectivity index (χ1) is 16.8. The highest BCUT2D eigenvalue weighted by molar-refractivity contribution is 7.92. The Labute approximate surface area is 206 Å². The first-order valence-corrected chi connectivity index (χ1v) is 12.5. The lowest BCUT2D eigenvalue weighted by atomic mass is 10.1. The number of para-hydroxylation sites is 1. The van der Waals surface area contributed by atoms with E-state index in [1.165, 1.54) is 19.2 Å². The van der Waals surface area contributed by atoms with Gasteiger partial charge in [-0.2, -0.15) is 5.10 Å². The lowest BCUT2D eigenvalue weighted by Gasteiger charge is -2.25. The number of nitrogens with one attached hydrogen (secondary N) is 1. The lowest BCUT2D eigenvalue weighted by molar-refractivity contribution is -0.119. The number of hydrogen-bond donors (Lipinski definition) is 1. The normalized spacial score (nSPS) is 11.6. The smallest absolute Gasteiger partial charge is 0.264 e. The number of rotatable bonds is 10. The van der Waals surface area contributed by atoms with E-state index in [2.05, 4.69) is 10.5 Å². The molecule has 0 heterocycles. The molecule has 0 unspecified atom stereocenters. The van der Waals surface area contributed by atoms with Crippen LogP contribution in [0, 0.1) is 0 Å². The van der Waals surface area contributed by atoms with Crippen LogP contribution in [0.15, 0.2) is 82.8 Å². The van der Waals surface area contributed by atoms with Crippen molar-refractivity contribution in [2.45, 2.75) is 25.2 Å². The third-order valence-corrected chi connectivity index (χ3v) is 7.18. The second-order valence-electron chi connectivity index (χ2n) is 7.61. The van der Waals surface area contributed by atoms with Gasteiger partial charge in [0, 0.05) is 5.56 Å². The van der Waals surface area contributed by atoms with E-state index in [0.29, 0.717) is 34.9 Å². The van der Waals surface area contributed by atoms with E-state index >= 15 is 0 Å². The predicted molar refractivity (Wildman–Crippen MR) is 137 cm³/mol. The Kier molecular flexibility index (Phi) is 8.48. The number of anilines is 1. The van der Waals surface area contributed by atoms with E-state index in [1.54, 1.807) is 62.6 Å². The maximum absolute atomic E-state index is 13.5. The summed E-state index contributed by atoms with van der Waals surface area (Å²) in [5.41, 5.74) is 4.98. The SMILES string of the molecule is CCc1ccccc1N(CC(=O)N/N=C(/C)c1ccc(OC)c(OC)c1)S(=O)(=O)c1ccccc1. The van der Waals surface area contributed by atoms with Crippen LogP contribution in [-0.2, 0) is 21.2 Å². The van der Waals surface area contributed by atoms with Crippen molar-refractivity contribution >= 4 is 27.3 Å². The number of benzene rings is 3. The van der Waals surface area contributed by atoms with E-state index in [4.69, 9.17) is 9.47 Å². The molecule has 8 nitrogen and oxygen atoms in total.